The predicted octanol–water partition coefficient (Wildman–Crippen LogP) is 4.10. The first-order valence-corrected chi connectivity index (χ1v) is 12.5. The number of rotatable bonds is 6. The number of nitrogens with zero attached hydrogens (tertiary/aromatic N) is 2. The molecule has 1 saturated heterocycles. The van der Waals surface area contributed by atoms with Crippen molar-refractivity contribution < 1.29 is 18.0 Å². The van der Waals surface area contributed by atoms with Gasteiger partial charge in [-0.2, -0.15) is 4.31 Å². The Morgan fingerprint density at radius 3 is 2.09 bits per heavy atom. The highest BCUT2D eigenvalue weighted by molar-refractivity contribution is 7.89. The SMILES string of the molecule is CC(=O)c1ccc(S(=O)(=O)N2CCN(C(=O)/C=C/c3cccc(-c4ccccc4)c3)CC2)cc1. The van der Waals surface area contributed by atoms with E-state index < -0.39 is 10.0 Å². The summed E-state index contributed by atoms with van der Waals surface area (Å²) in [5.74, 6) is -0.260. The van der Waals surface area contributed by atoms with E-state index in [-0.39, 0.29) is 29.7 Å². The second-order valence-electron chi connectivity index (χ2n) is 8.13. The summed E-state index contributed by atoms with van der Waals surface area (Å²) >= 11 is 0. The fourth-order valence-corrected chi connectivity index (χ4v) is 5.31. The molecule has 0 N–H and O–H groups in total. The molecular weight excluding hydrogens is 448 g/mol. The molecule has 1 aliphatic heterocycles. The molecule has 1 heterocycles. The fourth-order valence-electron chi connectivity index (χ4n) is 3.88. The number of piperazine rings is 1. The van der Waals surface area contributed by atoms with E-state index in [1.54, 1.807) is 11.0 Å². The molecule has 0 saturated carbocycles. The molecular formula is C27H26N2O4S. The fraction of sp³-hybridized carbons (Fsp3) is 0.185. The number of amides is 1. The van der Waals surface area contributed by atoms with Crippen molar-refractivity contribution >= 4 is 27.8 Å². The van der Waals surface area contributed by atoms with E-state index in [4.69, 9.17) is 0 Å². The summed E-state index contributed by atoms with van der Waals surface area (Å²) in [6, 6.07) is 23.9. The minimum absolute atomic E-state index is 0.115. The second-order valence-corrected chi connectivity index (χ2v) is 10.1. The quantitative estimate of drug-likeness (QED) is 0.398. The number of carbonyl (C=O) groups excluding carboxylic acids is 2. The highest BCUT2D eigenvalue weighted by Crippen LogP contribution is 2.21. The molecule has 7 heteroatoms. The lowest BCUT2D eigenvalue weighted by molar-refractivity contribution is -0.127. The standard InChI is InChI=1S/C27H26N2O4S/c1-21(30)23-11-13-26(14-12-23)34(32,33)29-18-16-28(17-19-29)27(31)15-10-22-6-5-9-25(20-22)24-7-3-2-4-8-24/h2-15,20H,16-19H2,1H3/b15-10+. The van der Waals surface area contributed by atoms with E-state index in [1.165, 1.54) is 41.6 Å². The maximum Gasteiger partial charge on any atom is 0.246 e. The van der Waals surface area contributed by atoms with Crippen molar-refractivity contribution in [3.8, 4) is 11.1 Å². The van der Waals surface area contributed by atoms with Crippen LogP contribution >= 0.6 is 0 Å². The number of ketones is 1. The van der Waals surface area contributed by atoms with Gasteiger partial charge in [0.25, 0.3) is 0 Å². The third kappa shape index (κ3) is 5.32. The number of carbonyl (C=O) groups is 2. The number of hydrogen-bond donors (Lipinski definition) is 0. The van der Waals surface area contributed by atoms with E-state index in [0.29, 0.717) is 18.7 Å². The number of hydrogen-bond acceptors (Lipinski definition) is 4. The highest BCUT2D eigenvalue weighted by Gasteiger charge is 2.29. The van der Waals surface area contributed by atoms with Gasteiger partial charge >= 0.3 is 0 Å². The van der Waals surface area contributed by atoms with E-state index in [0.717, 1.165) is 16.7 Å². The minimum atomic E-state index is -3.67. The maximum absolute atomic E-state index is 12.9. The molecule has 1 fully saturated rings. The van der Waals surface area contributed by atoms with Gasteiger partial charge in [-0.3, -0.25) is 9.59 Å². The maximum atomic E-state index is 12.9. The third-order valence-corrected chi connectivity index (χ3v) is 7.77. The summed E-state index contributed by atoms with van der Waals surface area (Å²) in [4.78, 5) is 25.9. The molecule has 4 rings (SSSR count). The van der Waals surface area contributed by atoms with Crippen LogP contribution < -0.4 is 0 Å². The van der Waals surface area contributed by atoms with Crippen LogP contribution in [0.15, 0.2) is 89.8 Å². The van der Waals surface area contributed by atoms with Crippen LogP contribution in [0.4, 0.5) is 0 Å². The van der Waals surface area contributed by atoms with Crippen LogP contribution in [-0.2, 0) is 14.8 Å². The molecule has 6 nitrogen and oxygen atoms in total. The Morgan fingerprint density at radius 2 is 1.44 bits per heavy atom. The van der Waals surface area contributed by atoms with Gasteiger partial charge in [-0.05, 0) is 47.9 Å². The van der Waals surface area contributed by atoms with E-state index in [9.17, 15) is 18.0 Å². The van der Waals surface area contributed by atoms with Crippen LogP contribution in [0.5, 0.6) is 0 Å². The topological polar surface area (TPSA) is 74.8 Å². The van der Waals surface area contributed by atoms with Crippen LogP contribution in [0, 0.1) is 0 Å². The summed E-state index contributed by atoms with van der Waals surface area (Å²) in [6.07, 6.45) is 3.32. The lowest BCUT2D eigenvalue weighted by atomic mass is 10.0. The van der Waals surface area contributed by atoms with Crippen molar-refractivity contribution in [2.45, 2.75) is 11.8 Å². The summed E-state index contributed by atoms with van der Waals surface area (Å²) in [7, 11) is -3.67. The summed E-state index contributed by atoms with van der Waals surface area (Å²) in [6.45, 7) is 2.52. The first-order valence-electron chi connectivity index (χ1n) is 11.1. The molecule has 174 valence electrons. The van der Waals surface area contributed by atoms with Crippen LogP contribution in [0.25, 0.3) is 17.2 Å². The van der Waals surface area contributed by atoms with Gasteiger partial charge in [-0.1, -0.05) is 60.7 Å². The number of benzene rings is 3. The van der Waals surface area contributed by atoms with Crippen LogP contribution in [0.2, 0.25) is 0 Å². The summed E-state index contributed by atoms with van der Waals surface area (Å²) in [5.41, 5.74) is 3.57. The summed E-state index contributed by atoms with van der Waals surface area (Å²) < 4.78 is 27.2. The first-order chi connectivity index (χ1) is 16.3. The van der Waals surface area contributed by atoms with E-state index in [2.05, 4.69) is 0 Å². The zero-order valence-corrected chi connectivity index (χ0v) is 19.7. The van der Waals surface area contributed by atoms with Crippen molar-refractivity contribution in [1.82, 2.24) is 9.21 Å². The molecule has 0 bridgehead atoms. The second kappa shape index (κ2) is 10.2. The molecule has 0 spiro atoms. The Bertz CT molecular complexity index is 1310. The third-order valence-electron chi connectivity index (χ3n) is 5.86. The molecule has 0 aliphatic carbocycles. The largest absolute Gasteiger partial charge is 0.337 e. The average Bonchev–Trinajstić information content (AvgIpc) is 2.88. The lowest BCUT2D eigenvalue weighted by Crippen LogP contribution is -2.50. The molecule has 0 radical (unpaired) electrons. The monoisotopic (exact) mass is 474 g/mol. The van der Waals surface area contributed by atoms with Crippen molar-refractivity contribution in [3.05, 3.63) is 96.1 Å². The minimum Gasteiger partial charge on any atom is -0.337 e. The van der Waals surface area contributed by atoms with Crippen molar-refractivity contribution in [2.75, 3.05) is 26.2 Å². The Balaban J connectivity index is 1.37. The number of Topliss-reactive ketones (excluding diaryl/α,β-unsaturated/α-hetero) is 1. The van der Waals surface area contributed by atoms with E-state index in [1.807, 2.05) is 54.6 Å². The van der Waals surface area contributed by atoms with Crippen LogP contribution in [0.1, 0.15) is 22.8 Å². The van der Waals surface area contributed by atoms with E-state index >= 15 is 0 Å². The molecule has 1 amide bonds. The van der Waals surface area contributed by atoms with Crippen LogP contribution in [-0.4, -0.2) is 55.5 Å². The molecule has 0 unspecified atom stereocenters. The molecule has 0 atom stereocenters. The van der Waals surface area contributed by atoms with Gasteiger partial charge in [0.05, 0.1) is 4.90 Å². The van der Waals surface area contributed by atoms with Gasteiger partial charge < -0.3 is 4.90 Å². The normalized spacial score (nSPS) is 14.9. The van der Waals surface area contributed by atoms with Crippen molar-refractivity contribution in [2.24, 2.45) is 0 Å². The molecule has 34 heavy (non-hydrogen) atoms. The van der Waals surface area contributed by atoms with Crippen LogP contribution in [0.3, 0.4) is 0 Å². The van der Waals surface area contributed by atoms with Gasteiger partial charge in [0, 0.05) is 37.8 Å². The van der Waals surface area contributed by atoms with Crippen molar-refractivity contribution in [3.63, 3.8) is 0 Å². The van der Waals surface area contributed by atoms with Gasteiger partial charge in [-0.25, -0.2) is 8.42 Å². The Morgan fingerprint density at radius 1 is 0.794 bits per heavy atom. The highest BCUT2D eigenvalue weighted by atomic mass is 32.2. The summed E-state index contributed by atoms with van der Waals surface area (Å²) in [5, 5.41) is 0. The Kier molecular flexibility index (Phi) is 7.05. The first kappa shape index (κ1) is 23.6. The number of sulfonamides is 1. The Hall–Kier alpha value is -3.55. The van der Waals surface area contributed by atoms with Gasteiger partial charge in [0.15, 0.2) is 5.78 Å². The zero-order chi connectivity index (χ0) is 24.1. The molecule has 3 aromatic rings. The van der Waals surface area contributed by atoms with Gasteiger partial charge in [0.1, 0.15) is 0 Å². The predicted molar refractivity (Wildman–Crippen MR) is 133 cm³/mol. The van der Waals surface area contributed by atoms with Gasteiger partial charge in [0.2, 0.25) is 15.9 Å². The van der Waals surface area contributed by atoms with Crippen molar-refractivity contribution in [1.29, 1.82) is 0 Å². The average molecular weight is 475 g/mol. The van der Waals surface area contributed by atoms with Gasteiger partial charge in [-0.15, -0.1) is 0 Å². The smallest absolute Gasteiger partial charge is 0.246 e. The zero-order valence-electron chi connectivity index (χ0n) is 18.9. The molecule has 0 aromatic heterocycles. The Labute approximate surface area is 200 Å². The molecule has 1 aliphatic rings. The lowest BCUT2D eigenvalue weighted by Gasteiger charge is -2.33. The molecule has 3 aromatic carbocycles.